The lowest BCUT2D eigenvalue weighted by Crippen LogP contribution is -2.28. The lowest BCUT2D eigenvalue weighted by Gasteiger charge is -2.20. The molecule has 5 rings (SSSR count). The van der Waals surface area contributed by atoms with Crippen LogP contribution in [0.1, 0.15) is 30.3 Å². The second-order valence-corrected chi connectivity index (χ2v) is 8.82. The molecule has 1 aliphatic heterocycles. The van der Waals surface area contributed by atoms with Gasteiger partial charge in [0, 0.05) is 57.2 Å². The highest BCUT2D eigenvalue weighted by molar-refractivity contribution is 5.62. The molecule has 3 fully saturated rings. The number of rotatable bonds is 7. The highest BCUT2D eigenvalue weighted by atomic mass is 19.4. The Morgan fingerprint density at radius 1 is 1.23 bits per heavy atom. The minimum Gasteiger partial charge on any atom is -0.383 e. The summed E-state index contributed by atoms with van der Waals surface area (Å²) < 4.78 is 47.2. The van der Waals surface area contributed by atoms with E-state index in [0.29, 0.717) is 35.1 Å². The predicted molar refractivity (Wildman–Crippen MR) is 106 cm³/mol. The first-order valence-corrected chi connectivity index (χ1v) is 10.5. The highest BCUT2D eigenvalue weighted by Crippen LogP contribution is 2.56. The van der Waals surface area contributed by atoms with Gasteiger partial charge in [0.1, 0.15) is 11.6 Å². The van der Waals surface area contributed by atoms with Crippen LogP contribution in [0.3, 0.4) is 0 Å². The van der Waals surface area contributed by atoms with Gasteiger partial charge in [-0.1, -0.05) is 0 Å². The molecule has 3 aliphatic rings. The van der Waals surface area contributed by atoms with Crippen LogP contribution in [0.2, 0.25) is 0 Å². The van der Waals surface area contributed by atoms with Crippen LogP contribution in [0.4, 0.5) is 19.0 Å². The van der Waals surface area contributed by atoms with Crippen molar-refractivity contribution in [1.82, 2.24) is 19.4 Å². The van der Waals surface area contributed by atoms with Crippen molar-refractivity contribution in [2.45, 2.75) is 31.5 Å². The lowest BCUT2D eigenvalue weighted by molar-refractivity contribution is -0.137. The Kier molecular flexibility index (Phi) is 4.77. The summed E-state index contributed by atoms with van der Waals surface area (Å²) in [4.78, 5) is 11.0. The lowest BCUT2D eigenvalue weighted by atomic mass is 10.1. The molecule has 162 valence electrons. The standard InChI is InChI=1S/C21H26F3N5O/c1-30-5-4-28-9-14-15(10-28)19(14)29-11-17(27-18(29)6-12-2-3-12)13-7-16(21(22,23)24)20(25)26-8-13/h7-8,11-12,14-15,19H,2-6,9-10H2,1H3,(H2,25,26). The zero-order chi connectivity index (χ0) is 21.0. The number of imidazole rings is 1. The normalized spacial score (nSPS) is 26.2. The number of fused-ring (bicyclic) bond motifs is 1. The topological polar surface area (TPSA) is 69.2 Å². The summed E-state index contributed by atoms with van der Waals surface area (Å²) in [5.41, 5.74) is 5.46. The Morgan fingerprint density at radius 3 is 2.60 bits per heavy atom. The molecule has 0 spiro atoms. The molecule has 2 N–H and O–H groups in total. The second kappa shape index (κ2) is 7.23. The summed E-state index contributed by atoms with van der Waals surface area (Å²) in [6.07, 6.45) is 2.06. The molecule has 2 saturated carbocycles. The van der Waals surface area contributed by atoms with Gasteiger partial charge in [0.15, 0.2) is 0 Å². The van der Waals surface area contributed by atoms with Gasteiger partial charge < -0.3 is 19.9 Å². The smallest absolute Gasteiger partial charge is 0.383 e. The van der Waals surface area contributed by atoms with Crippen LogP contribution >= 0.6 is 0 Å². The SMILES string of the molecule is COCCN1CC2C(C1)C2n1cc(-c2cnc(N)c(C(F)(F)F)c2)nc1CC1CC1. The third-order valence-corrected chi connectivity index (χ3v) is 6.65. The number of aromatic nitrogens is 3. The molecule has 6 nitrogen and oxygen atoms in total. The number of pyridine rings is 1. The number of hydrogen-bond acceptors (Lipinski definition) is 5. The number of likely N-dealkylation sites (tertiary alicyclic amines) is 1. The number of ether oxygens (including phenoxy) is 1. The number of anilines is 1. The zero-order valence-corrected chi connectivity index (χ0v) is 16.9. The number of alkyl halides is 3. The number of methoxy groups -OCH3 is 1. The molecule has 2 aromatic heterocycles. The van der Waals surface area contributed by atoms with Crippen molar-refractivity contribution < 1.29 is 17.9 Å². The molecule has 0 aromatic carbocycles. The van der Waals surface area contributed by atoms with Gasteiger partial charge in [-0.05, 0) is 36.7 Å². The van der Waals surface area contributed by atoms with Crippen LogP contribution in [0.15, 0.2) is 18.5 Å². The quantitative estimate of drug-likeness (QED) is 0.743. The zero-order valence-electron chi connectivity index (χ0n) is 16.9. The van der Waals surface area contributed by atoms with Gasteiger partial charge in [-0.25, -0.2) is 9.97 Å². The molecular weight excluding hydrogens is 395 g/mol. The van der Waals surface area contributed by atoms with E-state index in [1.165, 1.54) is 19.0 Å². The van der Waals surface area contributed by atoms with Gasteiger partial charge in [0.05, 0.1) is 17.9 Å². The van der Waals surface area contributed by atoms with Crippen molar-refractivity contribution in [3.05, 3.63) is 29.8 Å². The molecule has 2 aromatic rings. The van der Waals surface area contributed by atoms with E-state index in [1.807, 2.05) is 6.20 Å². The van der Waals surface area contributed by atoms with Crippen LogP contribution in [-0.2, 0) is 17.3 Å². The van der Waals surface area contributed by atoms with Crippen molar-refractivity contribution in [2.75, 3.05) is 39.1 Å². The van der Waals surface area contributed by atoms with Gasteiger partial charge in [0.25, 0.3) is 0 Å². The molecule has 2 aliphatic carbocycles. The van der Waals surface area contributed by atoms with Crippen molar-refractivity contribution in [2.24, 2.45) is 17.8 Å². The van der Waals surface area contributed by atoms with Crippen molar-refractivity contribution in [3.63, 3.8) is 0 Å². The fourth-order valence-electron chi connectivity index (χ4n) is 4.80. The monoisotopic (exact) mass is 421 g/mol. The Hall–Kier alpha value is -2.13. The number of piperidine rings is 1. The maximum Gasteiger partial charge on any atom is 0.419 e. The Bertz CT molecular complexity index is 927. The Morgan fingerprint density at radius 2 is 1.97 bits per heavy atom. The fraction of sp³-hybridized carbons (Fsp3) is 0.619. The minimum atomic E-state index is -4.54. The van der Waals surface area contributed by atoms with Crippen LogP contribution in [-0.4, -0.2) is 52.8 Å². The van der Waals surface area contributed by atoms with E-state index in [9.17, 15) is 13.2 Å². The Labute approximate surface area is 173 Å². The number of halogens is 3. The summed E-state index contributed by atoms with van der Waals surface area (Å²) in [5, 5.41) is 0. The average molecular weight is 421 g/mol. The van der Waals surface area contributed by atoms with Crippen LogP contribution in [0.25, 0.3) is 11.3 Å². The van der Waals surface area contributed by atoms with E-state index in [4.69, 9.17) is 15.5 Å². The highest BCUT2D eigenvalue weighted by Gasteiger charge is 2.57. The molecule has 0 bridgehead atoms. The molecular formula is C21H26F3N5O. The maximum atomic E-state index is 13.3. The van der Waals surface area contributed by atoms with E-state index in [1.54, 1.807) is 7.11 Å². The first-order chi connectivity index (χ1) is 14.3. The number of nitrogens with zero attached hydrogens (tertiary/aromatic N) is 4. The number of nitrogens with two attached hydrogens (primary N) is 1. The van der Waals surface area contributed by atoms with Crippen molar-refractivity contribution in [3.8, 4) is 11.3 Å². The summed E-state index contributed by atoms with van der Waals surface area (Å²) in [7, 11) is 1.72. The van der Waals surface area contributed by atoms with E-state index < -0.39 is 17.6 Å². The number of nitrogen functional groups attached to an aromatic ring is 1. The average Bonchev–Trinajstić information content (AvgIpc) is 3.54. The predicted octanol–water partition coefficient (Wildman–Crippen LogP) is 3.25. The molecule has 3 heterocycles. The van der Waals surface area contributed by atoms with E-state index in [-0.39, 0.29) is 0 Å². The molecule has 2 unspecified atom stereocenters. The van der Waals surface area contributed by atoms with E-state index in [0.717, 1.165) is 44.6 Å². The van der Waals surface area contributed by atoms with E-state index >= 15 is 0 Å². The fourth-order valence-corrected chi connectivity index (χ4v) is 4.80. The van der Waals surface area contributed by atoms with Gasteiger partial charge in [0.2, 0.25) is 0 Å². The molecule has 2 atom stereocenters. The largest absolute Gasteiger partial charge is 0.419 e. The third kappa shape index (κ3) is 3.69. The summed E-state index contributed by atoms with van der Waals surface area (Å²) >= 11 is 0. The van der Waals surface area contributed by atoms with Gasteiger partial charge >= 0.3 is 6.18 Å². The van der Waals surface area contributed by atoms with Gasteiger partial charge in [-0.2, -0.15) is 13.2 Å². The van der Waals surface area contributed by atoms with Crippen molar-refractivity contribution in [1.29, 1.82) is 0 Å². The maximum absolute atomic E-state index is 13.3. The van der Waals surface area contributed by atoms with Gasteiger partial charge in [-0.15, -0.1) is 0 Å². The first kappa shape index (κ1) is 19.8. The Balaban J connectivity index is 1.41. The van der Waals surface area contributed by atoms with Crippen LogP contribution < -0.4 is 5.73 Å². The van der Waals surface area contributed by atoms with Crippen LogP contribution in [0.5, 0.6) is 0 Å². The molecule has 1 saturated heterocycles. The summed E-state index contributed by atoms with van der Waals surface area (Å²) in [6, 6.07) is 1.46. The summed E-state index contributed by atoms with van der Waals surface area (Å²) in [6.45, 7) is 3.75. The van der Waals surface area contributed by atoms with Gasteiger partial charge in [-0.3, -0.25) is 0 Å². The second-order valence-electron chi connectivity index (χ2n) is 8.82. The van der Waals surface area contributed by atoms with Crippen molar-refractivity contribution >= 4 is 5.82 Å². The van der Waals surface area contributed by atoms with E-state index in [2.05, 4.69) is 14.5 Å². The minimum absolute atomic E-state index is 0.361. The third-order valence-electron chi connectivity index (χ3n) is 6.65. The molecule has 0 amide bonds. The van der Waals surface area contributed by atoms with Crippen LogP contribution in [0, 0.1) is 17.8 Å². The molecule has 9 heteroatoms. The molecule has 0 radical (unpaired) electrons. The first-order valence-electron chi connectivity index (χ1n) is 10.5. The summed E-state index contributed by atoms with van der Waals surface area (Å²) in [5.74, 6) is 2.29. The molecule has 30 heavy (non-hydrogen) atoms. The number of hydrogen-bond donors (Lipinski definition) is 1.